The average molecular weight is 808 g/mol. The second-order valence-corrected chi connectivity index (χ2v) is 13.4. The molecule has 2 heterocycles. The van der Waals surface area contributed by atoms with Crippen LogP contribution in [0.3, 0.4) is 0 Å². The average Bonchev–Trinajstić information content (AvgIpc) is 3.23. The van der Waals surface area contributed by atoms with E-state index in [-0.39, 0.29) is 12.2 Å². The third-order valence-electron chi connectivity index (χ3n) is 6.52. The van der Waals surface area contributed by atoms with Gasteiger partial charge in [-0.05, 0) is 122 Å². The molecule has 5 rings (SSSR count). The number of aryl methyl sites for hydroxylation is 1. The van der Waals surface area contributed by atoms with Gasteiger partial charge in [0, 0.05) is 3.57 Å². The molecule has 210 valence electrons. The molecule has 0 fully saturated rings. The Kier molecular flexibility index (Phi) is 9.32. The maximum absolute atomic E-state index is 13.9. The number of rotatable bonds is 7. The molecule has 0 spiro atoms. The number of fused-ring (bicyclic) bond motifs is 1. The topological polar surface area (TPSA) is 69.9 Å². The molecule has 0 saturated carbocycles. The van der Waals surface area contributed by atoms with Crippen LogP contribution in [-0.2, 0) is 16.1 Å². The van der Waals surface area contributed by atoms with Crippen LogP contribution in [0.25, 0.3) is 6.08 Å². The normalized spacial score (nSPS) is 15.0. The Labute approximate surface area is 271 Å². The summed E-state index contributed by atoms with van der Waals surface area (Å²) in [4.78, 5) is 32.1. The number of nitrogens with zero attached hydrogens (tertiary/aromatic N) is 2. The Balaban J connectivity index is 1.54. The van der Waals surface area contributed by atoms with E-state index in [4.69, 9.17) is 9.47 Å². The summed E-state index contributed by atoms with van der Waals surface area (Å²) in [7, 11) is 0. The van der Waals surface area contributed by atoms with Gasteiger partial charge < -0.3 is 9.47 Å². The predicted molar refractivity (Wildman–Crippen MR) is 177 cm³/mol. The first-order valence-corrected chi connectivity index (χ1v) is 16.3. The van der Waals surface area contributed by atoms with Crippen molar-refractivity contribution in [2.75, 3.05) is 6.61 Å². The van der Waals surface area contributed by atoms with Gasteiger partial charge >= 0.3 is 5.97 Å². The van der Waals surface area contributed by atoms with Crippen LogP contribution in [0.5, 0.6) is 5.75 Å². The second-order valence-electron chi connectivity index (χ2n) is 9.44. The van der Waals surface area contributed by atoms with E-state index in [1.165, 1.54) is 14.9 Å². The minimum Gasteiger partial charge on any atom is -0.487 e. The van der Waals surface area contributed by atoms with Gasteiger partial charge in [0.05, 0.1) is 37.4 Å². The molecular formula is C31H25Br2IN2O4S. The van der Waals surface area contributed by atoms with E-state index >= 15 is 0 Å². The Morgan fingerprint density at radius 2 is 1.73 bits per heavy atom. The van der Waals surface area contributed by atoms with Crippen LogP contribution in [0.15, 0.2) is 90.7 Å². The van der Waals surface area contributed by atoms with Crippen molar-refractivity contribution in [3.63, 3.8) is 0 Å². The summed E-state index contributed by atoms with van der Waals surface area (Å²) >= 11 is 10.8. The lowest BCUT2D eigenvalue weighted by Crippen LogP contribution is -2.39. The third kappa shape index (κ3) is 6.45. The molecule has 4 aromatic rings. The zero-order valence-electron chi connectivity index (χ0n) is 22.4. The molecule has 1 atom stereocenters. The van der Waals surface area contributed by atoms with Crippen LogP contribution in [-0.4, -0.2) is 17.1 Å². The Morgan fingerprint density at radius 1 is 1.07 bits per heavy atom. The molecule has 41 heavy (non-hydrogen) atoms. The van der Waals surface area contributed by atoms with Crippen LogP contribution in [0.2, 0.25) is 0 Å². The summed E-state index contributed by atoms with van der Waals surface area (Å²) in [6, 6.07) is 19.2. The molecule has 3 aromatic carbocycles. The Bertz CT molecular complexity index is 1820. The van der Waals surface area contributed by atoms with Crippen LogP contribution < -0.4 is 19.6 Å². The minimum absolute atomic E-state index is 0.222. The number of allylic oxidation sites excluding steroid dienone is 1. The monoisotopic (exact) mass is 806 g/mol. The molecule has 0 saturated heterocycles. The number of carbonyl (C=O) groups excluding carboxylic acids is 1. The number of thiazole rings is 1. The van der Waals surface area contributed by atoms with Gasteiger partial charge in [-0.1, -0.05) is 53.3 Å². The number of halogens is 3. The zero-order valence-corrected chi connectivity index (χ0v) is 28.6. The van der Waals surface area contributed by atoms with E-state index in [1.807, 2.05) is 73.7 Å². The summed E-state index contributed by atoms with van der Waals surface area (Å²) in [5, 5.41) is 0. The third-order valence-corrected chi connectivity index (χ3v) is 9.41. The minimum atomic E-state index is -0.636. The van der Waals surface area contributed by atoms with E-state index < -0.39 is 12.0 Å². The number of hydrogen-bond donors (Lipinski definition) is 0. The molecule has 1 aliphatic heterocycles. The maximum Gasteiger partial charge on any atom is 0.338 e. The smallest absolute Gasteiger partial charge is 0.338 e. The van der Waals surface area contributed by atoms with Crippen molar-refractivity contribution in [3.8, 4) is 5.75 Å². The summed E-state index contributed by atoms with van der Waals surface area (Å²) < 4.78 is 16.3. The van der Waals surface area contributed by atoms with Crippen molar-refractivity contribution in [1.29, 1.82) is 0 Å². The van der Waals surface area contributed by atoms with E-state index in [9.17, 15) is 9.59 Å². The van der Waals surface area contributed by atoms with Gasteiger partial charge in [0.1, 0.15) is 12.4 Å². The fraction of sp³-hybridized carbons (Fsp3) is 0.194. The quantitative estimate of drug-likeness (QED) is 0.152. The largest absolute Gasteiger partial charge is 0.487 e. The van der Waals surface area contributed by atoms with Gasteiger partial charge in [-0.3, -0.25) is 9.36 Å². The first-order valence-electron chi connectivity index (χ1n) is 12.8. The van der Waals surface area contributed by atoms with Crippen molar-refractivity contribution in [2.24, 2.45) is 4.99 Å². The van der Waals surface area contributed by atoms with E-state index in [0.29, 0.717) is 33.0 Å². The summed E-state index contributed by atoms with van der Waals surface area (Å²) in [5.41, 5.74) is 4.47. The van der Waals surface area contributed by atoms with E-state index in [1.54, 1.807) is 18.4 Å². The number of ether oxygens (including phenoxy) is 2. The second kappa shape index (κ2) is 12.8. The lowest BCUT2D eigenvalue weighted by atomic mass is 9.95. The Hall–Kier alpha value is -2.54. The van der Waals surface area contributed by atoms with Gasteiger partial charge in [-0.2, -0.15) is 0 Å². The number of benzene rings is 3. The predicted octanol–water partition coefficient (Wildman–Crippen LogP) is 6.82. The first kappa shape index (κ1) is 29.9. The van der Waals surface area contributed by atoms with Crippen LogP contribution in [0.1, 0.15) is 42.1 Å². The van der Waals surface area contributed by atoms with Crippen molar-refractivity contribution in [3.05, 3.63) is 126 Å². The number of esters is 1. The molecule has 10 heteroatoms. The fourth-order valence-corrected chi connectivity index (χ4v) is 7.40. The highest BCUT2D eigenvalue weighted by atomic mass is 127. The fourth-order valence-electron chi connectivity index (χ4n) is 4.54. The standard InChI is InChI=1S/C31H25Br2IN2O4S/c1-4-39-30(38)26-18(3)35-31-36(27(26)21-9-5-17(2)6-10-21)29(37)25(41-31)15-20-13-23(32)28(24(33)14-20)40-16-19-7-11-22(34)12-8-19/h5-15,27H,4,16H2,1-3H3/b25-15+/t27-/m0/s1. The summed E-state index contributed by atoms with van der Waals surface area (Å²) in [6.45, 7) is 6.20. The number of carbonyl (C=O) groups is 1. The highest BCUT2D eigenvalue weighted by molar-refractivity contribution is 14.1. The number of hydrogen-bond acceptors (Lipinski definition) is 6. The summed E-state index contributed by atoms with van der Waals surface area (Å²) in [5.74, 6) is 0.207. The molecule has 0 unspecified atom stereocenters. The van der Waals surface area contributed by atoms with Gasteiger partial charge in [0.2, 0.25) is 0 Å². The Morgan fingerprint density at radius 3 is 2.37 bits per heavy atom. The molecule has 0 amide bonds. The molecule has 0 aliphatic carbocycles. The molecule has 0 radical (unpaired) electrons. The molecule has 1 aliphatic rings. The van der Waals surface area contributed by atoms with Crippen LogP contribution >= 0.6 is 65.8 Å². The van der Waals surface area contributed by atoms with Crippen molar-refractivity contribution in [2.45, 2.75) is 33.4 Å². The highest BCUT2D eigenvalue weighted by Gasteiger charge is 2.33. The van der Waals surface area contributed by atoms with Crippen LogP contribution in [0.4, 0.5) is 0 Å². The molecule has 0 bridgehead atoms. The lowest BCUT2D eigenvalue weighted by Gasteiger charge is -2.24. The van der Waals surface area contributed by atoms with E-state index in [2.05, 4.69) is 59.4 Å². The highest BCUT2D eigenvalue weighted by Crippen LogP contribution is 2.36. The van der Waals surface area contributed by atoms with Crippen LogP contribution in [0, 0.1) is 10.5 Å². The first-order chi connectivity index (χ1) is 19.7. The van der Waals surface area contributed by atoms with Gasteiger partial charge in [0.25, 0.3) is 5.56 Å². The SMILES string of the molecule is CCOC(=O)C1=C(C)N=c2s/c(=C/c3cc(Br)c(OCc4ccc(I)cc4)c(Br)c3)c(=O)n2[C@H]1c1ccc(C)cc1. The van der Waals surface area contributed by atoms with E-state index in [0.717, 1.165) is 31.2 Å². The van der Waals surface area contributed by atoms with Crippen molar-refractivity contribution >= 4 is 77.8 Å². The number of aromatic nitrogens is 1. The van der Waals surface area contributed by atoms with Crippen molar-refractivity contribution in [1.82, 2.24) is 4.57 Å². The van der Waals surface area contributed by atoms with Crippen molar-refractivity contribution < 1.29 is 14.3 Å². The van der Waals surface area contributed by atoms with Gasteiger partial charge in [-0.25, -0.2) is 9.79 Å². The maximum atomic E-state index is 13.9. The molecule has 6 nitrogen and oxygen atoms in total. The molecular weight excluding hydrogens is 783 g/mol. The molecule has 1 aromatic heterocycles. The summed E-state index contributed by atoms with van der Waals surface area (Å²) in [6.07, 6.45) is 1.83. The zero-order chi connectivity index (χ0) is 29.3. The van der Waals surface area contributed by atoms with Gasteiger partial charge in [0.15, 0.2) is 4.80 Å². The molecule has 0 N–H and O–H groups in total. The lowest BCUT2D eigenvalue weighted by molar-refractivity contribution is -0.139. The van der Waals surface area contributed by atoms with Gasteiger partial charge in [-0.15, -0.1) is 0 Å².